The monoisotopic (exact) mass is 306 g/mol. The van der Waals surface area contributed by atoms with Crippen LogP contribution in [0.3, 0.4) is 0 Å². The van der Waals surface area contributed by atoms with Crippen molar-refractivity contribution < 1.29 is 9.90 Å². The summed E-state index contributed by atoms with van der Waals surface area (Å²) in [5.74, 6) is -0.846. The van der Waals surface area contributed by atoms with E-state index >= 15 is 0 Å². The molecular weight excluding hydrogens is 272 g/mol. The van der Waals surface area contributed by atoms with Crippen LogP contribution in [0.4, 0.5) is 0 Å². The molecule has 0 saturated carbocycles. The van der Waals surface area contributed by atoms with Crippen LogP contribution in [-0.4, -0.2) is 11.1 Å². The predicted octanol–water partition coefficient (Wildman–Crippen LogP) is 6.44. The molecule has 0 heterocycles. The Morgan fingerprint density at radius 1 is 0.682 bits per heavy atom. The first kappa shape index (κ1) is 20.7. The van der Waals surface area contributed by atoms with E-state index in [4.69, 9.17) is 5.11 Å². The summed E-state index contributed by atoms with van der Waals surface area (Å²) in [4.78, 5) is 10.3. The van der Waals surface area contributed by atoms with Crippen LogP contribution in [0.5, 0.6) is 0 Å². The number of carboxylic acids is 1. The molecule has 0 unspecified atom stereocenters. The fraction of sp³-hybridized carbons (Fsp3) is 0.650. The van der Waals surface area contributed by atoms with Crippen LogP contribution in [-0.2, 0) is 4.79 Å². The number of unbranched alkanes of at least 4 members (excludes halogenated alkanes) is 9. The van der Waals surface area contributed by atoms with Gasteiger partial charge < -0.3 is 5.11 Å². The van der Waals surface area contributed by atoms with E-state index in [0.717, 1.165) is 19.3 Å². The van der Waals surface area contributed by atoms with E-state index in [2.05, 4.69) is 31.2 Å². The van der Waals surface area contributed by atoms with Crippen molar-refractivity contribution >= 4 is 5.97 Å². The lowest BCUT2D eigenvalue weighted by atomic mass is 10.1. The second-order valence-corrected chi connectivity index (χ2v) is 5.75. The van der Waals surface area contributed by atoms with E-state index in [1.54, 1.807) is 6.08 Å². The minimum absolute atomic E-state index is 0.846. The molecule has 0 fully saturated rings. The van der Waals surface area contributed by atoms with Crippen molar-refractivity contribution in [1.29, 1.82) is 0 Å². The maximum atomic E-state index is 10.3. The zero-order valence-corrected chi connectivity index (χ0v) is 14.3. The SMILES string of the molecule is CCCCC/C=C/CC/C=C/CCCCCC/C=C/C(=O)O. The Morgan fingerprint density at radius 3 is 1.64 bits per heavy atom. The zero-order chi connectivity index (χ0) is 16.3. The average Bonchev–Trinajstić information content (AvgIpc) is 2.50. The van der Waals surface area contributed by atoms with Gasteiger partial charge in [-0.25, -0.2) is 4.79 Å². The van der Waals surface area contributed by atoms with Crippen molar-refractivity contribution in [3.05, 3.63) is 36.5 Å². The second-order valence-electron chi connectivity index (χ2n) is 5.75. The van der Waals surface area contributed by atoms with Crippen molar-refractivity contribution in [3.63, 3.8) is 0 Å². The number of hydrogen-bond donors (Lipinski definition) is 1. The molecule has 0 saturated heterocycles. The van der Waals surface area contributed by atoms with Gasteiger partial charge in [0, 0.05) is 6.08 Å². The van der Waals surface area contributed by atoms with Crippen molar-refractivity contribution in [1.82, 2.24) is 0 Å². The molecular formula is C20H34O2. The molecule has 0 aromatic rings. The lowest BCUT2D eigenvalue weighted by molar-refractivity contribution is -0.131. The molecule has 0 atom stereocenters. The maximum absolute atomic E-state index is 10.3. The minimum Gasteiger partial charge on any atom is -0.478 e. The molecule has 1 N–H and O–H groups in total. The van der Waals surface area contributed by atoms with E-state index < -0.39 is 5.97 Å². The number of allylic oxidation sites excluding steroid dienone is 5. The summed E-state index contributed by atoms with van der Waals surface area (Å²) in [7, 11) is 0. The van der Waals surface area contributed by atoms with Crippen LogP contribution >= 0.6 is 0 Å². The third-order valence-corrected chi connectivity index (χ3v) is 3.56. The van der Waals surface area contributed by atoms with Gasteiger partial charge in [-0.05, 0) is 51.4 Å². The number of rotatable bonds is 15. The highest BCUT2D eigenvalue weighted by atomic mass is 16.4. The lowest BCUT2D eigenvalue weighted by Crippen LogP contribution is -1.85. The largest absolute Gasteiger partial charge is 0.478 e. The van der Waals surface area contributed by atoms with Gasteiger partial charge in [0.25, 0.3) is 0 Å². The highest BCUT2D eigenvalue weighted by molar-refractivity contribution is 5.79. The Morgan fingerprint density at radius 2 is 1.14 bits per heavy atom. The molecule has 0 aliphatic rings. The van der Waals surface area contributed by atoms with Crippen LogP contribution in [0.25, 0.3) is 0 Å². The summed E-state index contributed by atoms with van der Waals surface area (Å²) >= 11 is 0. The molecule has 0 radical (unpaired) electrons. The Labute approximate surface area is 137 Å². The van der Waals surface area contributed by atoms with Crippen molar-refractivity contribution in [3.8, 4) is 0 Å². The van der Waals surface area contributed by atoms with E-state index in [9.17, 15) is 4.79 Å². The van der Waals surface area contributed by atoms with Crippen LogP contribution < -0.4 is 0 Å². The summed E-state index contributed by atoms with van der Waals surface area (Å²) in [6.45, 7) is 2.24. The van der Waals surface area contributed by atoms with Gasteiger partial charge >= 0.3 is 5.97 Å². The highest BCUT2D eigenvalue weighted by Crippen LogP contribution is 2.07. The third-order valence-electron chi connectivity index (χ3n) is 3.56. The van der Waals surface area contributed by atoms with Crippen molar-refractivity contribution in [2.45, 2.75) is 84.0 Å². The Bertz CT molecular complexity index is 327. The topological polar surface area (TPSA) is 37.3 Å². The third kappa shape index (κ3) is 18.7. The normalized spacial score (nSPS) is 12.0. The van der Waals surface area contributed by atoms with Gasteiger partial charge in [-0.15, -0.1) is 0 Å². The predicted molar refractivity (Wildman–Crippen MR) is 96.1 cm³/mol. The summed E-state index contributed by atoms with van der Waals surface area (Å²) in [5.41, 5.74) is 0. The van der Waals surface area contributed by atoms with E-state index in [1.165, 1.54) is 63.9 Å². The number of hydrogen-bond acceptors (Lipinski definition) is 1. The first-order valence-electron chi connectivity index (χ1n) is 8.96. The number of aliphatic carboxylic acids is 1. The Hall–Kier alpha value is -1.31. The first-order chi connectivity index (χ1) is 10.8. The lowest BCUT2D eigenvalue weighted by Gasteiger charge is -1.96. The first-order valence-corrected chi connectivity index (χ1v) is 8.96. The van der Waals surface area contributed by atoms with Gasteiger partial charge in [0.05, 0.1) is 0 Å². The molecule has 0 bridgehead atoms. The van der Waals surface area contributed by atoms with E-state index in [-0.39, 0.29) is 0 Å². The summed E-state index contributed by atoms with van der Waals surface area (Å²) in [5, 5.41) is 8.44. The molecule has 0 aliphatic carbocycles. The van der Waals surface area contributed by atoms with Gasteiger partial charge in [0.1, 0.15) is 0 Å². The van der Waals surface area contributed by atoms with E-state index in [1.807, 2.05) is 0 Å². The fourth-order valence-electron chi connectivity index (χ4n) is 2.24. The van der Waals surface area contributed by atoms with Gasteiger partial charge in [0.15, 0.2) is 0 Å². The zero-order valence-electron chi connectivity index (χ0n) is 14.3. The van der Waals surface area contributed by atoms with Crippen LogP contribution in [0, 0.1) is 0 Å². The van der Waals surface area contributed by atoms with Gasteiger partial charge in [-0.1, -0.05) is 63.0 Å². The molecule has 0 aromatic carbocycles. The maximum Gasteiger partial charge on any atom is 0.327 e. The number of carboxylic acid groups (broad SMARTS) is 1. The molecule has 126 valence electrons. The smallest absolute Gasteiger partial charge is 0.327 e. The second kappa shape index (κ2) is 17.7. The molecule has 0 spiro atoms. The fourth-order valence-corrected chi connectivity index (χ4v) is 2.24. The summed E-state index contributed by atoms with van der Waals surface area (Å²) in [6, 6.07) is 0. The van der Waals surface area contributed by atoms with Crippen molar-refractivity contribution in [2.24, 2.45) is 0 Å². The van der Waals surface area contributed by atoms with E-state index in [0.29, 0.717) is 0 Å². The molecule has 0 rings (SSSR count). The Balaban J connectivity index is 3.22. The minimum atomic E-state index is -0.846. The molecule has 0 amide bonds. The highest BCUT2D eigenvalue weighted by Gasteiger charge is 1.89. The molecule has 0 aromatic heterocycles. The van der Waals surface area contributed by atoms with Crippen LogP contribution in [0.2, 0.25) is 0 Å². The quantitative estimate of drug-likeness (QED) is 0.215. The summed E-state index contributed by atoms with van der Waals surface area (Å²) in [6.07, 6.45) is 26.6. The standard InChI is InChI=1S/C20H34O2/c1-2-3-4-5-6-7-8-9-10-11-12-13-14-15-16-17-18-19-20(21)22/h6-7,10-11,18-19H,2-5,8-9,12-17H2,1H3,(H,21,22)/b7-6+,11-10+,19-18+. The van der Waals surface area contributed by atoms with Crippen molar-refractivity contribution in [2.75, 3.05) is 0 Å². The number of carbonyl (C=O) groups is 1. The van der Waals surface area contributed by atoms with Crippen LogP contribution in [0.15, 0.2) is 36.5 Å². The summed E-state index contributed by atoms with van der Waals surface area (Å²) < 4.78 is 0. The van der Waals surface area contributed by atoms with Gasteiger partial charge in [-0.2, -0.15) is 0 Å². The van der Waals surface area contributed by atoms with Crippen LogP contribution in [0.1, 0.15) is 84.0 Å². The molecule has 22 heavy (non-hydrogen) atoms. The van der Waals surface area contributed by atoms with Gasteiger partial charge in [0.2, 0.25) is 0 Å². The molecule has 2 heteroatoms. The Kier molecular flexibility index (Phi) is 16.7. The van der Waals surface area contributed by atoms with Gasteiger partial charge in [-0.3, -0.25) is 0 Å². The molecule has 2 nitrogen and oxygen atoms in total. The molecule has 0 aliphatic heterocycles. The average molecular weight is 306 g/mol.